The van der Waals surface area contributed by atoms with Crippen LogP contribution in [0.4, 0.5) is 10.5 Å². The topological polar surface area (TPSA) is 23.6 Å². The van der Waals surface area contributed by atoms with Gasteiger partial charge < -0.3 is 4.90 Å². The Morgan fingerprint density at radius 1 is 0.950 bits per heavy atom. The summed E-state index contributed by atoms with van der Waals surface area (Å²) in [6.07, 6.45) is 7.65. The van der Waals surface area contributed by atoms with Gasteiger partial charge in [-0.1, -0.05) is 57.2 Å². The zero-order chi connectivity index (χ0) is 14.2. The van der Waals surface area contributed by atoms with Gasteiger partial charge in [0.1, 0.15) is 0 Å². The molecule has 2 rings (SSSR count). The molecule has 20 heavy (non-hydrogen) atoms. The molecule has 2 amide bonds. The van der Waals surface area contributed by atoms with E-state index in [0.29, 0.717) is 0 Å². The van der Waals surface area contributed by atoms with E-state index in [4.69, 9.17) is 0 Å². The fourth-order valence-electron chi connectivity index (χ4n) is 2.72. The van der Waals surface area contributed by atoms with Gasteiger partial charge in [0.25, 0.3) is 0 Å². The lowest BCUT2D eigenvalue weighted by atomic mass is 10.1. The Bertz CT molecular complexity index is 405. The van der Waals surface area contributed by atoms with Crippen LogP contribution in [0.5, 0.6) is 0 Å². The van der Waals surface area contributed by atoms with Crippen molar-refractivity contribution in [2.45, 2.75) is 45.4 Å². The Morgan fingerprint density at radius 3 is 2.40 bits per heavy atom. The first-order valence-corrected chi connectivity index (χ1v) is 7.94. The molecule has 110 valence electrons. The molecular weight excluding hydrogens is 248 g/mol. The summed E-state index contributed by atoms with van der Waals surface area (Å²) in [4.78, 5) is 16.2. The van der Waals surface area contributed by atoms with E-state index in [1.165, 1.54) is 32.1 Å². The summed E-state index contributed by atoms with van der Waals surface area (Å²) in [5, 5.41) is 0. The van der Waals surface area contributed by atoms with Crippen LogP contribution in [0.3, 0.4) is 0 Å². The molecule has 3 nitrogen and oxygen atoms in total. The molecule has 0 aliphatic carbocycles. The van der Waals surface area contributed by atoms with Crippen LogP contribution in [0, 0.1) is 0 Å². The third-order valence-corrected chi connectivity index (χ3v) is 3.94. The van der Waals surface area contributed by atoms with Gasteiger partial charge in [-0.2, -0.15) is 0 Å². The lowest BCUT2D eigenvalue weighted by Crippen LogP contribution is -2.32. The molecule has 0 saturated carbocycles. The minimum atomic E-state index is 0.171. The van der Waals surface area contributed by atoms with E-state index in [9.17, 15) is 4.79 Å². The maximum absolute atomic E-state index is 12.3. The fraction of sp³-hybridized carbons (Fsp3) is 0.588. The standard InChI is InChI=1S/C17H26N2O/c1-2-3-4-5-6-10-13-18-14-15-19(17(18)20)16-11-8-7-9-12-16/h7-9,11-12H,2-6,10,13-15H2,1H3. The largest absolute Gasteiger partial charge is 0.324 e. The van der Waals surface area contributed by atoms with Crippen molar-refractivity contribution in [2.24, 2.45) is 0 Å². The van der Waals surface area contributed by atoms with E-state index in [1.807, 2.05) is 40.1 Å². The van der Waals surface area contributed by atoms with Gasteiger partial charge in [0.15, 0.2) is 0 Å². The lowest BCUT2D eigenvalue weighted by Gasteiger charge is -2.18. The average Bonchev–Trinajstić information content (AvgIpc) is 2.85. The normalized spacial score (nSPS) is 15.2. The Hall–Kier alpha value is -1.51. The Kier molecular flexibility index (Phi) is 5.90. The molecule has 1 fully saturated rings. The summed E-state index contributed by atoms with van der Waals surface area (Å²) in [5.41, 5.74) is 1.02. The Labute approximate surface area is 122 Å². The van der Waals surface area contributed by atoms with Crippen molar-refractivity contribution in [1.82, 2.24) is 4.90 Å². The molecular formula is C17H26N2O. The molecule has 1 aliphatic rings. The molecule has 0 radical (unpaired) electrons. The molecule has 1 aliphatic heterocycles. The Balaban J connectivity index is 1.72. The monoisotopic (exact) mass is 274 g/mol. The highest BCUT2D eigenvalue weighted by Gasteiger charge is 2.28. The third kappa shape index (κ3) is 3.99. The lowest BCUT2D eigenvalue weighted by molar-refractivity contribution is 0.219. The summed E-state index contributed by atoms with van der Waals surface area (Å²) in [7, 11) is 0. The molecule has 0 spiro atoms. The van der Waals surface area contributed by atoms with Crippen LogP contribution in [-0.2, 0) is 0 Å². The van der Waals surface area contributed by atoms with Crippen molar-refractivity contribution >= 4 is 11.7 Å². The fourth-order valence-corrected chi connectivity index (χ4v) is 2.72. The molecule has 0 bridgehead atoms. The number of nitrogens with zero attached hydrogens (tertiary/aromatic N) is 2. The molecule has 1 aromatic rings. The summed E-state index contributed by atoms with van der Waals surface area (Å²) in [5.74, 6) is 0. The van der Waals surface area contributed by atoms with E-state index in [2.05, 4.69) is 6.92 Å². The summed E-state index contributed by atoms with van der Waals surface area (Å²) >= 11 is 0. The predicted molar refractivity (Wildman–Crippen MR) is 84.1 cm³/mol. The van der Waals surface area contributed by atoms with Crippen molar-refractivity contribution < 1.29 is 4.79 Å². The van der Waals surface area contributed by atoms with Gasteiger partial charge in [-0.05, 0) is 18.6 Å². The quantitative estimate of drug-likeness (QED) is 0.649. The molecule has 3 heteroatoms. The molecule has 1 heterocycles. The number of rotatable bonds is 8. The van der Waals surface area contributed by atoms with E-state index < -0.39 is 0 Å². The molecule has 0 aromatic heterocycles. The Morgan fingerprint density at radius 2 is 1.65 bits per heavy atom. The molecule has 1 aromatic carbocycles. The number of hydrogen-bond acceptors (Lipinski definition) is 1. The number of anilines is 1. The zero-order valence-corrected chi connectivity index (χ0v) is 12.6. The molecule has 0 N–H and O–H groups in total. The van der Waals surface area contributed by atoms with Gasteiger partial charge >= 0.3 is 6.03 Å². The van der Waals surface area contributed by atoms with Crippen LogP contribution in [0.2, 0.25) is 0 Å². The maximum atomic E-state index is 12.3. The number of carbonyl (C=O) groups is 1. The third-order valence-electron chi connectivity index (χ3n) is 3.94. The highest BCUT2D eigenvalue weighted by Crippen LogP contribution is 2.20. The number of benzene rings is 1. The summed E-state index contributed by atoms with van der Waals surface area (Å²) in [6.45, 7) is 4.83. The second kappa shape index (κ2) is 7.93. The van der Waals surface area contributed by atoms with Gasteiger partial charge in [-0.25, -0.2) is 4.79 Å². The number of urea groups is 1. The van der Waals surface area contributed by atoms with E-state index in [0.717, 1.165) is 31.7 Å². The van der Waals surface area contributed by atoms with Crippen LogP contribution in [0.1, 0.15) is 45.4 Å². The minimum absolute atomic E-state index is 0.171. The van der Waals surface area contributed by atoms with Gasteiger partial charge in [0, 0.05) is 25.3 Å². The highest BCUT2D eigenvalue weighted by atomic mass is 16.2. The summed E-state index contributed by atoms with van der Waals surface area (Å²) in [6, 6.07) is 10.1. The molecule has 0 atom stereocenters. The summed E-state index contributed by atoms with van der Waals surface area (Å²) < 4.78 is 0. The van der Waals surface area contributed by atoms with E-state index in [-0.39, 0.29) is 6.03 Å². The average molecular weight is 274 g/mol. The molecule has 0 unspecified atom stereocenters. The van der Waals surface area contributed by atoms with Gasteiger partial charge in [0.2, 0.25) is 0 Å². The first kappa shape index (κ1) is 14.9. The van der Waals surface area contributed by atoms with E-state index >= 15 is 0 Å². The number of para-hydroxylation sites is 1. The number of hydrogen-bond donors (Lipinski definition) is 0. The predicted octanol–water partition coefficient (Wildman–Crippen LogP) is 4.29. The first-order valence-electron chi connectivity index (χ1n) is 7.94. The second-order valence-electron chi connectivity index (χ2n) is 5.52. The highest BCUT2D eigenvalue weighted by molar-refractivity contribution is 5.94. The van der Waals surface area contributed by atoms with Crippen molar-refractivity contribution in [1.29, 1.82) is 0 Å². The van der Waals surface area contributed by atoms with Crippen molar-refractivity contribution in [2.75, 3.05) is 24.5 Å². The second-order valence-corrected chi connectivity index (χ2v) is 5.52. The SMILES string of the molecule is CCCCCCCCN1CCN(c2ccccc2)C1=O. The smallest absolute Gasteiger partial charge is 0.323 e. The van der Waals surface area contributed by atoms with Crippen LogP contribution in [0.15, 0.2) is 30.3 Å². The van der Waals surface area contributed by atoms with Crippen LogP contribution in [0.25, 0.3) is 0 Å². The van der Waals surface area contributed by atoms with Gasteiger partial charge in [-0.15, -0.1) is 0 Å². The molecule has 1 saturated heterocycles. The zero-order valence-electron chi connectivity index (χ0n) is 12.6. The van der Waals surface area contributed by atoms with Crippen LogP contribution in [-0.4, -0.2) is 30.6 Å². The van der Waals surface area contributed by atoms with Gasteiger partial charge in [0.05, 0.1) is 0 Å². The van der Waals surface area contributed by atoms with E-state index in [1.54, 1.807) is 0 Å². The number of amides is 2. The van der Waals surface area contributed by atoms with Crippen LogP contribution < -0.4 is 4.90 Å². The first-order chi connectivity index (χ1) is 9.83. The van der Waals surface area contributed by atoms with Crippen molar-refractivity contribution in [3.63, 3.8) is 0 Å². The minimum Gasteiger partial charge on any atom is -0.323 e. The maximum Gasteiger partial charge on any atom is 0.324 e. The number of unbranched alkanes of at least 4 members (excludes halogenated alkanes) is 5. The van der Waals surface area contributed by atoms with Crippen LogP contribution >= 0.6 is 0 Å². The number of carbonyl (C=O) groups excluding carboxylic acids is 1. The van der Waals surface area contributed by atoms with Gasteiger partial charge in [-0.3, -0.25) is 4.90 Å². The van der Waals surface area contributed by atoms with Crippen molar-refractivity contribution in [3.05, 3.63) is 30.3 Å². The van der Waals surface area contributed by atoms with Crippen molar-refractivity contribution in [3.8, 4) is 0 Å².